The van der Waals surface area contributed by atoms with Crippen LogP contribution in [0.15, 0.2) is 29.0 Å². The minimum atomic E-state index is -0.633. The highest BCUT2D eigenvalue weighted by Crippen LogP contribution is 2.33. The van der Waals surface area contributed by atoms with E-state index in [0.717, 1.165) is 6.33 Å². The van der Waals surface area contributed by atoms with Crippen LogP contribution in [0.3, 0.4) is 0 Å². The third kappa shape index (κ3) is 2.77. The number of nitrogens with zero attached hydrogens (tertiary/aromatic N) is 3. The van der Waals surface area contributed by atoms with Gasteiger partial charge in [0.2, 0.25) is 11.6 Å². The Morgan fingerprint density at radius 1 is 1.45 bits per heavy atom. The van der Waals surface area contributed by atoms with Crippen LogP contribution < -0.4 is 15.8 Å². The van der Waals surface area contributed by atoms with Gasteiger partial charge in [0.1, 0.15) is 12.1 Å². The second-order valence-electron chi connectivity index (χ2n) is 3.68. The van der Waals surface area contributed by atoms with Crippen LogP contribution in [0.4, 0.5) is 23.0 Å². The predicted octanol–water partition coefficient (Wildman–Crippen LogP) is 2.48. The molecule has 0 aliphatic heterocycles. The molecule has 0 radical (unpaired) electrons. The number of hydrogen-bond donors (Lipinski definition) is 2. The number of hydrogen-bond acceptors (Lipinski definition) is 7. The van der Waals surface area contributed by atoms with Crippen LogP contribution in [0, 0.1) is 10.1 Å². The molecule has 104 valence electrons. The number of methoxy groups -OCH3 is 1. The molecule has 1 heterocycles. The third-order valence-corrected chi connectivity index (χ3v) is 3.15. The highest BCUT2D eigenvalue weighted by Gasteiger charge is 2.21. The summed E-state index contributed by atoms with van der Waals surface area (Å²) in [7, 11) is 1.53. The number of nitrogens with two attached hydrogens (primary N) is 1. The monoisotopic (exact) mass is 339 g/mol. The molecular formula is C11H10BrN5O3. The fraction of sp³-hybridized carbons (Fsp3) is 0.0909. The summed E-state index contributed by atoms with van der Waals surface area (Å²) in [6, 6.07) is 5.17. The molecule has 3 N–H and O–H groups in total. The molecule has 1 aromatic carbocycles. The zero-order valence-electron chi connectivity index (χ0n) is 10.3. The molecule has 0 fully saturated rings. The fourth-order valence-corrected chi connectivity index (χ4v) is 1.86. The molecule has 0 unspecified atom stereocenters. The topological polar surface area (TPSA) is 116 Å². The molecular weight excluding hydrogens is 330 g/mol. The summed E-state index contributed by atoms with van der Waals surface area (Å²) in [4.78, 5) is 17.8. The lowest BCUT2D eigenvalue weighted by molar-refractivity contribution is -0.383. The van der Waals surface area contributed by atoms with E-state index in [1.54, 1.807) is 18.2 Å². The fourth-order valence-electron chi connectivity index (χ4n) is 1.52. The molecule has 0 spiro atoms. The first-order valence-corrected chi connectivity index (χ1v) is 6.17. The van der Waals surface area contributed by atoms with E-state index in [1.165, 1.54) is 7.11 Å². The zero-order valence-corrected chi connectivity index (χ0v) is 11.9. The molecule has 0 amide bonds. The molecule has 9 heteroatoms. The van der Waals surface area contributed by atoms with E-state index in [2.05, 4.69) is 31.2 Å². The predicted molar refractivity (Wildman–Crippen MR) is 77.1 cm³/mol. The molecule has 0 aliphatic rings. The standard InChI is InChI=1S/C11H10BrN5O3/c1-20-6-2-3-7(12)8(4-6)16-11-9(17(18)19)10(13)14-5-15-11/h2-5H,1H3,(H3,13,14,15,16). The van der Waals surface area contributed by atoms with Crippen molar-refractivity contribution in [3.05, 3.63) is 39.1 Å². The lowest BCUT2D eigenvalue weighted by atomic mass is 10.3. The first-order chi connectivity index (χ1) is 9.52. The van der Waals surface area contributed by atoms with Gasteiger partial charge >= 0.3 is 5.69 Å². The Morgan fingerprint density at radius 2 is 2.20 bits per heavy atom. The number of benzene rings is 1. The Kier molecular flexibility index (Phi) is 3.99. The second-order valence-corrected chi connectivity index (χ2v) is 4.54. The largest absolute Gasteiger partial charge is 0.497 e. The summed E-state index contributed by atoms with van der Waals surface area (Å²) in [5.74, 6) is 0.406. The van der Waals surface area contributed by atoms with Crippen molar-refractivity contribution < 1.29 is 9.66 Å². The molecule has 2 aromatic rings. The Labute approximate surface area is 122 Å². The van der Waals surface area contributed by atoms with Gasteiger partial charge in [0, 0.05) is 10.5 Å². The van der Waals surface area contributed by atoms with Crippen LogP contribution in [-0.4, -0.2) is 22.0 Å². The lowest BCUT2D eigenvalue weighted by Gasteiger charge is -2.10. The highest BCUT2D eigenvalue weighted by molar-refractivity contribution is 9.10. The summed E-state index contributed by atoms with van der Waals surface area (Å²) in [5.41, 5.74) is 5.69. The van der Waals surface area contributed by atoms with Gasteiger partial charge in [0.05, 0.1) is 17.7 Å². The molecule has 8 nitrogen and oxygen atoms in total. The van der Waals surface area contributed by atoms with Crippen molar-refractivity contribution >= 4 is 38.9 Å². The van der Waals surface area contributed by atoms with Crippen LogP contribution >= 0.6 is 15.9 Å². The number of halogens is 1. The van der Waals surface area contributed by atoms with Crippen molar-refractivity contribution in [1.29, 1.82) is 0 Å². The maximum Gasteiger partial charge on any atom is 0.353 e. The van der Waals surface area contributed by atoms with Crippen LogP contribution in [0.1, 0.15) is 0 Å². The minimum absolute atomic E-state index is 0.0106. The first kappa shape index (κ1) is 14.0. The molecule has 0 aliphatic carbocycles. The Balaban J connectivity index is 2.45. The number of nitrogens with one attached hydrogen (secondary N) is 1. The van der Waals surface area contributed by atoms with Gasteiger partial charge in [0.25, 0.3) is 0 Å². The molecule has 2 rings (SSSR count). The van der Waals surface area contributed by atoms with Crippen molar-refractivity contribution in [3.63, 3.8) is 0 Å². The van der Waals surface area contributed by atoms with E-state index in [-0.39, 0.29) is 17.3 Å². The van der Waals surface area contributed by atoms with E-state index in [4.69, 9.17) is 10.5 Å². The molecule has 0 saturated carbocycles. The molecule has 0 bridgehead atoms. The number of ether oxygens (including phenoxy) is 1. The minimum Gasteiger partial charge on any atom is -0.497 e. The van der Waals surface area contributed by atoms with E-state index in [0.29, 0.717) is 15.9 Å². The maximum atomic E-state index is 11.0. The molecule has 0 saturated heterocycles. The van der Waals surface area contributed by atoms with Crippen molar-refractivity contribution in [2.24, 2.45) is 0 Å². The van der Waals surface area contributed by atoms with Crippen LogP contribution in [0.2, 0.25) is 0 Å². The smallest absolute Gasteiger partial charge is 0.353 e. The van der Waals surface area contributed by atoms with Gasteiger partial charge in [-0.05, 0) is 28.1 Å². The second kappa shape index (κ2) is 5.70. The van der Waals surface area contributed by atoms with Crippen molar-refractivity contribution in [2.45, 2.75) is 0 Å². The van der Waals surface area contributed by atoms with Gasteiger partial charge in [-0.15, -0.1) is 0 Å². The normalized spacial score (nSPS) is 10.1. The van der Waals surface area contributed by atoms with Crippen LogP contribution in [-0.2, 0) is 0 Å². The number of anilines is 3. The SMILES string of the molecule is COc1ccc(Br)c(Nc2ncnc(N)c2[N+](=O)[O-])c1. The summed E-state index contributed by atoms with van der Waals surface area (Å²) in [6.07, 6.45) is 1.15. The van der Waals surface area contributed by atoms with E-state index < -0.39 is 4.92 Å². The van der Waals surface area contributed by atoms with Crippen LogP contribution in [0.25, 0.3) is 0 Å². The Hall–Kier alpha value is -2.42. The quantitative estimate of drug-likeness (QED) is 0.649. The summed E-state index contributed by atoms with van der Waals surface area (Å²) >= 11 is 3.33. The molecule has 20 heavy (non-hydrogen) atoms. The van der Waals surface area contributed by atoms with E-state index >= 15 is 0 Å². The summed E-state index contributed by atoms with van der Waals surface area (Å²) in [6.45, 7) is 0. The molecule has 1 aromatic heterocycles. The van der Waals surface area contributed by atoms with Crippen LogP contribution in [0.5, 0.6) is 5.75 Å². The zero-order chi connectivity index (χ0) is 14.7. The van der Waals surface area contributed by atoms with Gasteiger partial charge in [-0.2, -0.15) is 0 Å². The summed E-state index contributed by atoms with van der Waals surface area (Å²) in [5, 5.41) is 13.8. The average Bonchev–Trinajstić information content (AvgIpc) is 2.41. The van der Waals surface area contributed by atoms with Gasteiger partial charge < -0.3 is 15.8 Å². The average molecular weight is 340 g/mol. The number of rotatable bonds is 4. The van der Waals surface area contributed by atoms with Gasteiger partial charge in [-0.25, -0.2) is 9.97 Å². The number of aromatic nitrogens is 2. The van der Waals surface area contributed by atoms with E-state index in [1.807, 2.05) is 0 Å². The van der Waals surface area contributed by atoms with E-state index in [9.17, 15) is 10.1 Å². The molecule has 0 atom stereocenters. The summed E-state index contributed by atoms with van der Waals surface area (Å²) < 4.78 is 5.80. The van der Waals surface area contributed by atoms with Gasteiger partial charge in [-0.1, -0.05) is 0 Å². The maximum absolute atomic E-state index is 11.0. The Morgan fingerprint density at radius 3 is 2.85 bits per heavy atom. The number of nitrogen functional groups attached to an aromatic ring is 1. The first-order valence-electron chi connectivity index (χ1n) is 5.38. The lowest BCUT2D eigenvalue weighted by Crippen LogP contribution is -2.05. The van der Waals surface area contributed by atoms with Gasteiger partial charge in [0.15, 0.2) is 0 Å². The van der Waals surface area contributed by atoms with Gasteiger partial charge in [-0.3, -0.25) is 10.1 Å². The highest BCUT2D eigenvalue weighted by atomic mass is 79.9. The van der Waals surface area contributed by atoms with Crippen molar-refractivity contribution in [2.75, 3.05) is 18.2 Å². The Bertz CT molecular complexity index is 665. The number of nitro groups is 1. The third-order valence-electron chi connectivity index (χ3n) is 2.46. The van der Waals surface area contributed by atoms with Crippen molar-refractivity contribution in [1.82, 2.24) is 9.97 Å². The van der Waals surface area contributed by atoms with Crippen molar-refractivity contribution in [3.8, 4) is 5.75 Å².